The fraction of sp³-hybridized carbons (Fsp3) is 0.278. The molecule has 0 saturated carbocycles. The van der Waals surface area contributed by atoms with Crippen molar-refractivity contribution in [2.45, 2.75) is 25.4 Å². The summed E-state index contributed by atoms with van der Waals surface area (Å²) in [7, 11) is 0. The van der Waals surface area contributed by atoms with Crippen molar-refractivity contribution in [1.82, 2.24) is 24.6 Å². The Balaban J connectivity index is 1.45. The van der Waals surface area contributed by atoms with Crippen LogP contribution in [0.2, 0.25) is 0 Å². The number of nitrogens with zero attached hydrogens (tertiary/aromatic N) is 4. The third-order valence-electron chi connectivity index (χ3n) is 4.48. The number of benzene rings is 1. The van der Waals surface area contributed by atoms with E-state index in [1.54, 1.807) is 23.4 Å². The minimum Gasteiger partial charge on any atom is -0.347 e. The van der Waals surface area contributed by atoms with Crippen LogP contribution < -0.4 is 5.32 Å². The number of aromatic amines is 1. The Morgan fingerprint density at radius 2 is 2.32 bits per heavy atom. The molecule has 7 nitrogen and oxygen atoms in total. The maximum Gasteiger partial charge on any atom is 0.241 e. The summed E-state index contributed by atoms with van der Waals surface area (Å²) in [6.07, 6.45) is 8.99. The molecule has 25 heavy (non-hydrogen) atoms. The van der Waals surface area contributed by atoms with Crippen LogP contribution >= 0.6 is 0 Å². The Morgan fingerprint density at radius 1 is 1.36 bits per heavy atom. The second-order valence-electron chi connectivity index (χ2n) is 6.20. The van der Waals surface area contributed by atoms with Gasteiger partial charge in [0.15, 0.2) is 0 Å². The molecule has 1 saturated heterocycles. The van der Waals surface area contributed by atoms with Crippen LogP contribution in [0.25, 0.3) is 5.69 Å². The number of anilines is 1. The van der Waals surface area contributed by atoms with Crippen LogP contribution in [0.4, 0.5) is 5.69 Å². The molecule has 3 heterocycles. The van der Waals surface area contributed by atoms with E-state index in [2.05, 4.69) is 25.3 Å². The average molecular weight is 336 g/mol. The number of amides is 1. The Labute approximate surface area is 145 Å². The number of aromatic nitrogens is 4. The van der Waals surface area contributed by atoms with Gasteiger partial charge in [0.25, 0.3) is 0 Å². The quantitative estimate of drug-likeness (QED) is 0.749. The van der Waals surface area contributed by atoms with Crippen molar-refractivity contribution in [3.05, 3.63) is 60.9 Å². The zero-order valence-electron chi connectivity index (χ0n) is 13.8. The first-order valence-electron chi connectivity index (χ1n) is 8.42. The normalized spacial score (nSPS) is 17.7. The molecule has 1 atom stereocenters. The first kappa shape index (κ1) is 15.6. The van der Waals surface area contributed by atoms with Crippen LogP contribution in [0.1, 0.15) is 18.5 Å². The summed E-state index contributed by atoms with van der Waals surface area (Å²) in [5, 5.41) is 7.27. The van der Waals surface area contributed by atoms with Crippen molar-refractivity contribution in [2.75, 3.05) is 11.9 Å². The number of imidazole rings is 1. The Morgan fingerprint density at radius 3 is 3.12 bits per heavy atom. The van der Waals surface area contributed by atoms with Crippen LogP contribution in [0.15, 0.2) is 55.2 Å². The predicted octanol–water partition coefficient (Wildman–Crippen LogP) is 2.20. The van der Waals surface area contributed by atoms with Crippen molar-refractivity contribution < 1.29 is 4.79 Å². The molecule has 0 bridgehead atoms. The van der Waals surface area contributed by atoms with Crippen LogP contribution in [-0.2, 0) is 11.3 Å². The molecule has 0 spiro atoms. The van der Waals surface area contributed by atoms with Crippen molar-refractivity contribution in [3.8, 4) is 5.69 Å². The molecule has 0 radical (unpaired) electrons. The second kappa shape index (κ2) is 6.90. The van der Waals surface area contributed by atoms with Crippen LogP contribution in [0.3, 0.4) is 0 Å². The topological polar surface area (TPSA) is 78.8 Å². The predicted molar refractivity (Wildman–Crippen MR) is 94.2 cm³/mol. The highest BCUT2D eigenvalue weighted by molar-refractivity contribution is 5.95. The van der Waals surface area contributed by atoms with E-state index in [0.29, 0.717) is 6.54 Å². The number of rotatable bonds is 5. The number of hydrogen-bond donors (Lipinski definition) is 2. The van der Waals surface area contributed by atoms with E-state index in [9.17, 15) is 4.79 Å². The number of nitrogens with one attached hydrogen (secondary N) is 2. The second-order valence-corrected chi connectivity index (χ2v) is 6.20. The Bertz CT molecular complexity index is 827. The molecule has 1 aliphatic rings. The molecule has 1 aliphatic heterocycles. The van der Waals surface area contributed by atoms with Gasteiger partial charge in [-0.15, -0.1) is 0 Å². The molecule has 0 aliphatic carbocycles. The van der Waals surface area contributed by atoms with E-state index in [4.69, 9.17) is 0 Å². The van der Waals surface area contributed by atoms with Crippen molar-refractivity contribution in [3.63, 3.8) is 0 Å². The van der Waals surface area contributed by atoms with Crippen LogP contribution in [0, 0.1) is 0 Å². The highest BCUT2D eigenvalue weighted by atomic mass is 16.2. The third-order valence-corrected chi connectivity index (χ3v) is 4.48. The zero-order chi connectivity index (χ0) is 17.1. The molecule has 1 amide bonds. The first-order chi connectivity index (χ1) is 12.3. The molecule has 2 aromatic heterocycles. The number of H-pyrrole nitrogens is 1. The van der Waals surface area contributed by atoms with Gasteiger partial charge in [-0.3, -0.25) is 9.69 Å². The summed E-state index contributed by atoms with van der Waals surface area (Å²) in [5.41, 5.74) is 2.73. The Kier molecular flexibility index (Phi) is 4.30. The number of carbonyl (C=O) groups is 1. The smallest absolute Gasteiger partial charge is 0.241 e. The summed E-state index contributed by atoms with van der Waals surface area (Å²) in [5.74, 6) is 0.0367. The monoisotopic (exact) mass is 336 g/mol. The maximum atomic E-state index is 12.8. The molecule has 2 N–H and O–H groups in total. The van der Waals surface area contributed by atoms with Gasteiger partial charge >= 0.3 is 0 Å². The molecular formula is C18H20N6O. The van der Waals surface area contributed by atoms with Crippen molar-refractivity contribution >= 4 is 11.6 Å². The molecule has 1 unspecified atom stereocenters. The van der Waals surface area contributed by atoms with Crippen LogP contribution in [0.5, 0.6) is 0 Å². The van der Waals surface area contributed by atoms with E-state index in [1.807, 2.05) is 36.5 Å². The van der Waals surface area contributed by atoms with Gasteiger partial charge in [-0.05, 0) is 43.7 Å². The molecule has 7 heteroatoms. The maximum absolute atomic E-state index is 12.8. The van der Waals surface area contributed by atoms with Crippen molar-refractivity contribution in [1.29, 1.82) is 0 Å². The number of carbonyl (C=O) groups excluding carboxylic acids is 1. The average Bonchev–Trinajstić information content (AvgIpc) is 3.38. The SMILES string of the molecule is O=C(Nc1cccc(-n2cccn2)c1)C1CCCN1Cc1cnc[nH]1. The fourth-order valence-electron chi connectivity index (χ4n) is 3.28. The molecule has 1 aromatic carbocycles. The van der Waals surface area contributed by atoms with Crippen LogP contribution in [-0.4, -0.2) is 43.1 Å². The standard InChI is InChI=1S/C18H20N6O/c25-18(17-6-2-8-23(17)12-15-11-19-13-20-15)22-14-4-1-5-16(10-14)24-9-3-7-21-24/h1,3-5,7,9-11,13,17H,2,6,8,12H2,(H,19,20)(H,22,25). The molecular weight excluding hydrogens is 316 g/mol. The van der Waals surface area contributed by atoms with Gasteiger partial charge in [0.05, 0.1) is 18.1 Å². The lowest BCUT2D eigenvalue weighted by molar-refractivity contribution is -0.120. The minimum atomic E-state index is -0.114. The summed E-state index contributed by atoms with van der Waals surface area (Å²) in [6, 6.07) is 9.47. The van der Waals surface area contributed by atoms with Crippen molar-refractivity contribution in [2.24, 2.45) is 0 Å². The molecule has 1 fully saturated rings. The highest BCUT2D eigenvalue weighted by Crippen LogP contribution is 2.22. The van der Waals surface area contributed by atoms with Gasteiger partial charge in [0.1, 0.15) is 0 Å². The minimum absolute atomic E-state index is 0.0367. The first-order valence-corrected chi connectivity index (χ1v) is 8.42. The van der Waals surface area contributed by atoms with Gasteiger partial charge in [-0.1, -0.05) is 6.07 Å². The lowest BCUT2D eigenvalue weighted by Gasteiger charge is -2.23. The zero-order valence-corrected chi connectivity index (χ0v) is 13.8. The molecule has 128 valence electrons. The summed E-state index contributed by atoms with van der Waals surface area (Å²) in [6.45, 7) is 1.63. The van der Waals surface area contributed by atoms with Gasteiger partial charge in [-0.25, -0.2) is 9.67 Å². The number of hydrogen-bond acceptors (Lipinski definition) is 4. The van der Waals surface area contributed by atoms with E-state index < -0.39 is 0 Å². The summed E-state index contributed by atoms with van der Waals surface area (Å²) >= 11 is 0. The van der Waals surface area contributed by atoms with Gasteiger partial charge in [-0.2, -0.15) is 5.10 Å². The molecule has 3 aromatic rings. The van der Waals surface area contributed by atoms with E-state index in [0.717, 1.165) is 36.5 Å². The summed E-state index contributed by atoms with van der Waals surface area (Å²) in [4.78, 5) is 22.1. The third kappa shape index (κ3) is 3.46. The fourth-order valence-corrected chi connectivity index (χ4v) is 3.28. The van der Waals surface area contributed by atoms with Gasteiger partial charge in [0, 0.05) is 36.5 Å². The largest absolute Gasteiger partial charge is 0.347 e. The van der Waals surface area contributed by atoms with E-state index in [-0.39, 0.29) is 11.9 Å². The van der Waals surface area contributed by atoms with E-state index in [1.165, 1.54) is 0 Å². The van der Waals surface area contributed by atoms with Gasteiger partial charge in [0.2, 0.25) is 5.91 Å². The lowest BCUT2D eigenvalue weighted by atomic mass is 10.2. The lowest BCUT2D eigenvalue weighted by Crippen LogP contribution is -2.39. The molecule has 4 rings (SSSR count). The van der Waals surface area contributed by atoms with Gasteiger partial charge < -0.3 is 10.3 Å². The highest BCUT2D eigenvalue weighted by Gasteiger charge is 2.30. The number of likely N-dealkylation sites (tertiary alicyclic amines) is 1. The Hall–Kier alpha value is -2.93. The summed E-state index contributed by atoms with van der Waals surface area (Å²) < 4.78 is 1.77. The van der Waals surface area contributed by atoms with E-state index >= 15 is 0 Å².